The molecule has 0 aliphatic rings. The Bertz CT molecular complexity index is 561. The lowest BCUT2D eigenvalue weighted by molar-refractivity contribution is 0.447. The van der Waals surface area contributed by atoms with Gasteiger partial charge in [-0.05, 0) is 19.1 Å². The maximum absolute atomic E-state index is 9.53. The van der Waals surface area contributed by atoms with Crippen LogP contribution in [0.25, 0.3) is 0 Å². The molecule has 0 spiro atoms. The minimum atomic E-state index is 0.108. The number of hydrogen-bond acceptors (Lipinski definition) is 4. The molecule has 0 saturated carbocycles. The summed E-state index contributed by atoms with van der Waals surface area (Å²) in [5.41, 5.74) is 0.608. The number of nitrogens with zero attached hydrogens (tertiary/aromatic N) is 2. The monoisotopic (exact) mass is 270 g/mol. The van der Waals surface area contributed by atoms with Crippen LogP contribution in [-0.4, -0.2) is 15.3 Å². The molecule has 0 aliphatic heterocycles. The van der Waals surface area contributed by atoms with Crippen LogP contribution in [0.2, 0.25) is 10.3 Å². The Morgan fingerprint density at radius 2 is 1.94 bits per heavy atom. The highest BCUT2D eigenvalue weighted by Crippen LogP contribution is 2.33. The third-order valence-corrected chi connectivity index (χ3v) is 2.61. The van der Waals surface area contributed by atoms with Gasteiger partial charge in [0.1, 0.15) is 11.5 Å². The second kappa shape index (κ2) is 4.77. The molecular formula is C11H8Cl2N2O2. The van der Waals surface area contributed by atoms with Crippen molar-refractivity contribution >= 4 is 23.2 Å². The number of halogens is 2. The van der Waals surface area contributed by atoms with Crippen LogP contribution in [0.4, 0.5) is 0 Å². The van der Waals surface area contributed by atoms with Crippen molar-refractivity contribution in [2.75, 3.05) is 0 Å². The van der Waals surface area contributed by atoms with Crippen molar-refractivity contribution in [2.24, 2.45) is 0 Å². The zero-order valence-electron chi connectivity index (χ0n) is 8.82. The first-order valence-electron chi connectivity index (χ1n) is 4.73. The van der Waals surface area contributed by atoms with Gasteiger partial charge in [0.05, 0.1) is 0 Å². The van der Waals surface area contributed by atoms with Crippen LogP contribution in [0.1, 0.15) is 5.56 Å². The molecule has 1 aromatic heterocycles. The highest BCUT2D eigenvalue weighted by atomic mass is 35.5. The Morgan fingerprint density at radius 1 is 1.18 bits per heavy atom. The van der Waals surface area contributed by atoms with E-state index in [1.54, 1.807) is 25.1 Å². The van der Waals surface area contributed by atoms with Crippen molar-refractivity contribution in [3.63, 3.8) is 0 Å². The molecule has 2 rings (SSSR count). The summed E-state index contributed by atoms with van der Waals surface area (Å²) in [7, 11) is 0. The molecule has 0 aliphatic carbocycles. The van der Waals surface area contributed by atoms with Gasteiger partial charge in [-0.1, -0.05) is 29.3 Å². The molecule has 0 amide bonds. The number of phenolic OH excluding ortho intramolecular Hbond substituents is 1. The molecule has 1 aromatic carbocycles. The molecular weight excluding hydrogens is 263 g/mol. The summed E-state index contributed by atoms with van der Waals surface area (Å²) < 4.78 is 5.52. The number of ether oxygens (including phenoxy) is 1. The van der Waals surface area contributed by atoms with E-state index in [0.29, 0.717) is 17.1 Å². The average Bonchev–Trinajstić information content (AvgIpc) is 2.30. The van der Waals surface area contributed by atoms with Crippen molar-refractivity contribution < 1.29 is 9.84 Å². The number of rotatable bonds is 2. The first-order valence-corrected chi connectivity index (χ1v) is 5.48. The third kappa shape index (κ3) is 2.60. The number of benzene rings is 1. The lowest BCUT2D eigenvalue weighted by Crippen LogP contribution is -1.92. The summed E-state index contributed by atoms with van der Waals surface area (Å²) in [5.74, 6) is 0.920. The topological polar surface area (TPSA) is 55.2 Å². The minimum Gasteiger partial charge on any atom is -0.508 e. The number of aromatic hydroxyl groups is 1. The maximum atomic E-state index is 9.53. The van der Waals surface area contributed by atoms with Gasteiger partial charge in [0, 0.05) is 11.6 Å². The molecule has 4 nitrogen and oxygen atoms in total. The van der Waals surface area contributed by atoms with Gasteiger partial charge in [-0.3, -0.25) is 0 Å². The molecule has 0 saturated heterocycles. The van der Waals surface area contributed by atoms with Gasteiger partial charge in [-0.15, -0.1) is 10.2 Å². The molecule has 0 bridgehead atoms. The lowest BCUT2D eigenvalue weighted by atomic mass is 10.2. The molecule has 2 aromatic rings. The maximum Gasteiger partial charge on any atom is 0.194 e. The van der Waals surface area contributed by atoms with Gasteiger partial charge in [-0.25, -0.2) is 0 Å². The summed E-state index contributed by atoms with van der Waals surface area (Å²) >= 11 is 11.5. The fraction of sp³-hybridized carbons (Fsp3) is 0.0909. The molecule has 0 atom stereocenters. The van der Waals surface area contributed by atoms with Gasteiger partial charge in [0.2, 0.25) is 0 Å². The van der Waals surface area contributed by atoms with E-state index >= 15 is 0 Å². The van der Waals surface area contributed by atoms with Crippen molar-refractivity contribution in [1.82, 2.24) is 10.2 Å². The SMILES string of the molecule is Cc1c(O)cccc1Oc1cc(Cl)nnc1Cl. The second-order valence-corrected chi connectivity index (χ2v) is 4.07. The summed E-state index contributed by atoms with van der Waals surface area (Å²) in [5, 5.41) is 17.0. The Balaban J connectivity index is 2.38. The van der Waals surface area contributed by atoms with Crippen LogP contribution in [-0.2, 0) is 0 Å². The standard InChI is InChI=1S/C11H8Cl2N2O2/c1-6-7(16)3-2-4-8(6)17-9-5-10(12)14-15-11(9)13/h2-5,16H,1H3. The Hall–Kier alpha value is -1.52. The van der Waals surface area contributed by atoms with Crippen LogP contribution in [0.15, 0.2) is 24.3 Å². The van der Waals surface area contributed by atoms with Gasteiger partial charge in [0.15, 0.2) is 16.1 Å². The number of aromatic nitrogens is 2. The smallest absolute Gasteiger partial charge is 0.194 e. The van der Waals surface area contributed by atoms with Gasteiger partial charge in [0.25, 0.3) is 0 Å². The van der Waals surface area contributed by atoms with Crippen LogP contribution < -0.4 is 4.74 Å². The normalized spacial score (nSPS) is 10.3. The Labute approximate surface area is 108 Å². The molecule has 0 unspecified atom stereocenters. The largest absolute Gasteiger partial charge is 0.508 e. The van der Waals surface area contributed by atoms with E-state index in [1.165, 1.54) is 6.07 Å². The van der Waals surface area contributed by atoms with E-state index < -0.39 is 0 Å². The van der Waals surface area contributed by atoms with Crippen LogP contribution in [0, 0.1) is 6.92 Å². The zero-order chi connectivity index (χ0) is 12.4. The van der Waals surface area contributed by atoms with Crippen molar-refractivity contribution in [3.05, 3.63) is 40.1 Å². The number of hydrogen-bond donors (Lipinski definition) is 1. The van der Waals surface area contributed by atoms with Crippen LogP contribution in [0.5, 0.6) is 17.2 Å². The molecule has 1 N–H and O–H groups in total. The predicted molar refractivity (Wildman–Crippen MR) is 65.0 cm³/mol. The molecule has 1 heterocycles. The zero-order valence-corrected chi connectivity index (χ0v) is 10.3. The van der Waals surface area contributed by atoms with Gasteiger partial charge in [-0.2, -0.15) is 0 Å². The molecule has 88 valence electrons. The van der Waals surface area contributed by atoms with Crippen LogP contribution in [0.3, 0.4) is 0 Å². The van der Waals surface area contributed by atoms with E-state index in [9.17, 15) is 5.11 Å². The second-order valence-electron chi connectivity index (χ2n) is 3.32. The van der Waals surface area contributed by atoms with Crippen molar-refractivity contribution in [1.29, 1.82) is 0 Å². The Kier molecular flexibility index (Phi) is 3.36. The van der Waals surface area contributed by atoms with Gasteiger partial charge < -0.3 is 9.84 Å². The van der Waals surface area contributed by atoms with Crippen molar-refractivity contribution in [2.45, 2.75) is 6.92 Å². The highest BCUT2D eigenvalue weighted by molar-refractivity contribution is 6.32. The lowest BCUT2D eigenvalue weighted by Gasteiger charge is -2.10. The van der Waals surface area contributed by atoms with E-state index in [-0.39, 0.29) is 16.1 Å². The molecule has 0 fully saturated rings. The fourth-order valence-electron chi connectivity index (χ4n) is 1.24. The molecule has 0 radical (unpaired) electrons. The van der Waals surface area contributed by atoms with E-state index in [4.69, 9.17) is 27.9 Å². The summed E-state index contributed by atoms with van der Waals surface area (Å²) in [4.78, 5) is 0. The first kappa shape index (κ1) is 12.0. The number of phenols is 1. The highest BCUT2D eigenvalue weighted by Gasteiger charge is 2.10. The van der Waals surface area contributed by atoms with E-state index in [1.807, 2.05) is 0 Å². The predicted octanol–water partition coefficient (Wildman–Crippen LogP) is 3.59. The summed E-state index contributed by atoms with van der Waals surface area (Å²) in [6.07, 6.45) is 0. The van der Waals surface area contributed by atoms with Crippen LogP contribution >= 0.6 is 23.2 Å². The van der Waals surface area contributed by atoms with E-state index in [2.05, 4.69) is 10.2 Å². The van der Waals surface area contributed by atoms with Crippen molar-refractivity contribution in [3.8, 4) is 17.2 Å². The van der Waals surface area contributed by atoms with E-state index in [0.717, 1.165) is 0 Å². The summed E-state index contributed by atoms with van der Waals surface area (Å²) in [6.45, 7) is 1.73. The third-order valence-electron chi connectivity index (χ3n) is 2.16. The average molecular weight is 271 g/mol. The molecule has 6 heteroatoms. The fourth-order valence-corrected chi connectivity index (χ4v) is 1.51. The first-order chi connectivity index (χ1) is 8.08. The quantitative estimate of drug-likeness (QED) is 0.906. The summed E-state index contributed by atoms with van der Waals surface area (Å²) in [6, 6.07) is 6.41. The minimum absolute atomic E-state index is 0.108. The Morgan fingerprint density at radius 3 is 2.71 bits per heavy atom. The molecule has 17 heavy (non-hydrogen) atoms. The van der Waals surface area contributed by atoms with Gasteiger partial charge >= 0.3 is 0 Å².